The number of carboxylic acid groups (broad SMARTS) is 1. The molecule has 0 radical (unpaired) electrons. The van der Waals surface area contributed by atoms with Crippen LogP contribution in [0.5, 0.6) is 0 Å². The summed E-state index contributed by atoms with van der Waals surface area (Å²) < 4.78 is 0. The molecule has 136 valence electrons. The maximum absolute atomic E-state index is 10.7. The van der Waals surface area contributed by atoms with E-state index in [2.05, 4.69) is 16.7 Å². The highest BCUT2D eigenvalue weighted by molar-refractivity contribution is 5.74. The van der Waals surface area contributed by atoms with Crippen molar-refractivity contribution in [1.29, 1.82) is 0 Å². The number of nitrogens with zero attached hydrogens (tertiary/aromatic N) is 2. The van der Waals surface area contributed by atoms with Crippen molar-refractivity contribution in [3.63, 3.8) is 0 Å². The lowest BCUT2D eigenvalue weighted by Gasteiger charge is -2.45. The molecule has 0 aromatic rings. The Morgan fingerprint density at radius 1 is 1.09 bits per heavy atom. The van der Waals surface area contributed by atoms with Crippen LogP contribution in [0, 0.1) is 11.8 Å². The van der Waals surface area contributed by atoms with Crippen molar-refractivity contribution in [2.45, 2.75) is 45.6 Å². The molecule has 0 spiro atoms. The van der Waals surface area contributed by atoms with Crippen molar-refractivity contribution in [3.8, 4) is 0 Å². The summed E-state index contributed by atoms with van der Waals surface area (Å²) in [6.45, 7) is 9.41. The lowest BCUT2D eigenvalue weighted by atomic mass is 9.94. The first-order valence-corrected chi connectivity index (χ1v) is 8.92. The number of fused-ring (bicyclic) bond motifs is 3. The molecule has 2 bridgehead atoms. The molecule has 0 aromatic heterocycles. The van der Waals surface area contributed by atoms with Crippen LogP contribution in [-0.2, 0) is 4.79 Å². The zero-order valence-corrected chi connectivity index (χ0v) is 14.7. The third kappa shape index (κ3) is 7.16. The Bertz CT molecular complexity index is 333. The minimum atomic E-state index is -0.672. The standard InChI is InChI=1S/C10H22O2.C7H12N2O2/c1-3-4-10(8-12)6-5-9(2)7-11;10-7(11)6-5-8-1-3-9(6)4-2-8/h9-12H,3-8H2,1-2H3;6H,1-5H2,(H,10,11). The molecule has 0 aromatic carbocycles. The van der Waals surface area contributed by atoms with Gasteiger partial charge in [-0.2, -0.15) is 0 Å². The fourth-order valence-electron chi connectivity index (χ4n) is 3.20. The summed E-state index contributed by atoms with van der Waals surface area (Å²) in [5.41, 5.74) is 0. The average Bonchev–Trinajstić information content (AvgIpc) is 2.59. The summed E-state index contributed by atoms with van der Waals surface area (Å²) in [4.78, 5) is 15.0. The predicted molar refractivity (Wildman–Crippen MR) is 90.4 cm³/mol. The molecule has 3 atom stereocenters. The molecule has 3 aliphatic rings. The van der Waals surface area contributed by atoms with Crippen molar-refractivity contribution in [3.05, 3.63) is 0 Å². The van der Waals surface area contributed by atoms with Crippen molar-refractivity contribution in [2.75, 3.05) is 45.9 Å². The van der Waals surface area contributed by atoms with Gasteiger partial charge in [0.15, 0.2) is 0 Å². The van der Waals surface area contributed by atoms with Crippen molar-refractivity contribution in [1.82, 2.24) is 9.80 Å². The number of aliphatic hydroxyl groups is 2. The summed E-state index contributed by atoms with van der Waals surface area (Å²) in [7, 11) is 0. The SMILES string of the molecule is CCCC(CO)CCC(C)CO.O=C(O)C1CN2CCN1CC2. The fourth-order valence-corrected chi connectivity index (χ4v) is 3.20. The van der Waals surface area contributed by atoms with Crippen LogP contribution in [0.4, 0.5) is 0 Å². The second-order valence-corrected chi connectivity index (χ2v) is 6.89. The van der Waals surface area contributed by atoms with Gasteiger partial charge in [0.2, 0.25) is 0 Å². The molecule has 0 amide bonds. The van der Waals surface area contributed by atoms with E-state index in [4.69, 9.17) is 15.3 Å². The van der Waals surface area contributed by atoms with Crippen LogP contribution in [0.15, 0.2) is 0 Å². The number of aliphatic hydroxyl groups excluding tert-OH is 2. The van der Waals surface area contributed by atoms with Crippen molar-refractivity contribution in [2.24, 2.45) is 11.8 Å². The van der Waals surface area contributed by atoms with Gasteiger partial charge in [-0.25, -0.2) is 0 Å². The smallest absolute Gasteiger partial charge is 0.322 e. The molecule has 3 N–H and O–H groups in total. The summed E-state index contributed by atoms with van der Waals surface area (Å²) >= 11 is 0. The zero-order valence-electron chi connectivity index (χ0n) is 14.7. The zero-order chi connectivity index (χ0) is 17.2. The highest BCUT2D eigenvalue weighted by Gasteiger charge is 2.35. The van der Waals surface area contributed by atoms with Gasteiger partial charge in [-0.05, 0) is 31.1 Å². The van der Waals surface area contributed by atoms with Crippen molar-refractivity contribution >= 4 is 5.97 Å². The van der Waals surface area contributed by atoms with E-state index < -0.39 is 5.97 Å². The normalized spacial score (nSPS) is 28.6. The van der Waals surface area contributed by atoms with Gasteiger partial charge in [-0.3, -0.25) is 14.6 Å². The van der Waals surface area contributed by atoms with Gasteiger partial charge in [0.05, 0.1) is 0 Å². The van der Waals surface area contributed by atoms with Gasteiger partial charge >= 0.3 is 5.97 Å². The lowest BCUT2D eigenvalue weighted by Crippen LogP contribution is -2.63. The van der Waals surface area contributed by atoms with Crippen LogP contribution >= 0.6 is 0 Å². The van der Waals surface area contributed by atoms with Crippen LogP contribution in [-0.4, -0.2) is 83.1 Å². The van der Waals surface area contributed by atoms with Crippen LogP contribution in [0.1, 0.15) is 39.5 Å². The molecule has 0 aliphatic carbocycles. The summed E-state index contributed by atoms with van der Waals surface area (Å²) in [6, 6.07) is -0.238. The molecule has 6 nitrogen and oxygen atoms in total. The van der Waals surface area contributed by atoms with Gasteiger partial charge in [0.25, 0.3) is 0 Å². The third-order valence-corrected chi connectivity index (χ3v) is 4.90. The first-order chi connectivity index (χ1) is 11.0. The average molecular weight is 330 g/mol. The molecular formula is C17H34N2O4. The number of carbonyl (C=O) groups is 1. The Morgan fingerprint density at radius 2 is 1.74 bits per heavy atom. The Kier molecular flexibility index (Phi) is 9.71. The Balaban J connectivity index is 0.000000230. The summed E-state index contributed by atoms with van der Waals surface area (Å²) in [5.74, 6) is 0.161. The van der Waals surface area contributed by atoms with Crippen molar-refractivity contribution < 1.29 is 20.1 Å². The Hall–Kier alpha value is -0.690. The first kappa shape index (κ1) is 20.4. The first-order valence-electron chi connectivity index (χ1n) is 8.92. The molecule has 3 fully saturated rings. The third-order valence-electron chi connectivity index (χ3n) is 4.90. The minimum Gasteiger partial charge on any atom is -0.480 e. The molecule has 3 heterocycles. The van der Waals surface area contributed by atoms with Crippen LogP contribution in [0.25, 0.3) is 0 Å². The van der Waals surface area contributed by atoms with Crippen LogP contribution in [0.2, 0.25) is 0 Å². The molecule has 6 heteroatoms. The Morgan fingerprint density at radius 3 is 2.09 bits per heavy atom. The number of piperazine rings is 3. The number of aliphatic carboxylic acids is 1. The fraction of sp³-hybridized carbons (Fsp3) is 0.941. The van der Waals surface area contributed by atoms with Gasteiger partial charge in [-0.1, -0.05) is 20.3 Å². The van der Waals surface area contributed by atoms with E-state index in [9.17, 15) is 4.79 Å². The predicted octanol–water partition coefficient (Wildman–Crippen LogP) is 0.874. The van der Waals surface area contributed by atoms with E-state index >= 15 is 0 Å². The molecular weight excluding hydrogens is 296 g/mol. The van der Waals surface area contributed by atoms with Gasteiger partial charge < -0.3 is 15.3 Å². The molecule has 0 saturated carbocycles. The second-order valence-electron chi connectivity index (χ2n) is 6.89. The lowest BCUT2D eigenvalue weighted by molar-refractivity contribution is -0.148. The Labute approximate surface area is 140 Å². The topological polar surface area (TPSA) is 84.2 Å². The van der Waals surface area contributed by atoms with E-state index in [1.165, 1.54) is 0 Å². The minimum absolute atomic E-state index is 0.238. The second kappa shape index (κ2) is 11.0. The molecule has 3 aliphatic heterocycles. The molecule has 3 rings (SSSR count). The highest BCUT2D eigenvalue weighted by Crippen LogP contribution is 2.16. The van der Waals surface area contributed by atoms with Crippen LogP contribution < -0.4 is 0 Å². The van der Waals surface area contributed by atoms with E-state index in [1.807, 2.05) is 6.92 Å². The maximum atomic E-state index is 10.7. The van der Waals surface area contributed by atoms with Gasteiger partial charge in [0.1, 0.15) is 6.04 Å². The number of hydrogen-bond acceptors (Lipinski definition) is 5. The van der Waals surface area contributed by atoms with E-state index in [-0.39, 0.29) is 12.6 Å². The number of hydrogen-bond donors (Lipinski definition) is 3. The summed E-state index contributed by atoms with van der Waals surface area (Å²) in [6.07, 6.45) is 4.32. The quantitative estimate of drug-likeness (QED) is 0.612. The summed E-state index contributed by atoms with van der Waals surface area (Å²) in [5, 5.41) is 26.6. The van der Waals surface area contributed by atoms with E-state index in [0.29, 0.717) is 18.4 Å². The number of rotatable bonds is 8. The largest absolute Gasteiger partial charge is 0.480 e. The van der Waals surface area contributed by atoms with Gasteiger partial charge in [0, 0.05) is 45.9 Å². The molecule has 3 unspecified atom stereocenters. The number of carboxylic acids is 1. The monoisotopic (exact) mass is 330 g/mol. The van der Waals surface area contributed by atoms with Gasteiger partial charge in [-0.15, -0.1) is 0 Å². The van der Waals surface area contributed by atoms with Crippen LogP contribution in [0.3, 0.4) is 0 Å². The highest BCUT2D eigenvalue weighted by atomic mass is 16.4. The van der Waals surface area contributed by atoms with E-state index in [0.717, 1.165) is 58.4 Å². The molecule has 3 saturated heterocycles. The maximum Gasteiger partial charge on any atom is 0.322 e. The molecule has 23 heavy (non-hydrogen) atoms. The van der Waals surface area contributed by atoms with E-state index in [1.54, 1.807) is 0 Å².